The number of para-hydroxylation sites is 1. The number of hydrogen-bond acceptors (Lipinski definition) is 3. The van der Waals surface area contributed by atoms with Gasteiger partial charge >= 0.3 is 0 Å². The minimum Gasteiger partial charge on any atom is -0.342 e. The van der Waals surface area contributed by atoms with E-state index in [-0.39, 0.29) is 11.3 Å². The van der Waals surface area contributed by atoms with Crippen LogP contribution in [0.15, 0.2) is 72.0 Å². The van der Waals surface area contributed by atoms with Gasteiger partial charge < -0.3 is 4.57 Å². The Balaban J connectivity index is 1.53. The molecule has 2 aromatic carbocycles. The van der Waals surface area contributed by atoms with E-state index in [2.05, 4.69) is 76.5 Å². The Hall–Kier alpha value is -3.67. The molecule has 0 bridgehead atoms. The number of rotatable bonds is 5. The maximum absolute atomic E-state index is 12.4. The van der Waals surface area contributed by atoms with Gasteiger partial charge in [0, 0.05) is 40.3 Å². The summed E-state index contributed by atoms with van der Waals surface area (Å²) < 4.78 is 2.19. The number of fused-ring (bicyclic) bond motifs is 1. The Labute approximate surface area is 175 Å². The van der Waals surface area contributed by atoms with Crippen LogP contribution in [0.5, 0.6) is 0 Å². The molecular formula is C24H25N5O. The predicted molar refractivity (Wildman–Crippen MR) is 120 cm³/mol. The number of H-pyrrole nitrogens is 1. The second-order valence-electron chi connectivity index (χ2n) is 8.33. The number of benzene rings is 2. The van der Waals surface area contributed by atoms with Crippen molar-refractivity contribution in [1.82, 2.24) is 20.2 Å². The first-order chi connectivity index (χ1) is 14.4. The Morgan fingerprint density at radius 3 is 2.60 bits per heavy atom. The van der Waals surface area contributed by atoms with Crippen LogP contribution < -0.4 is 5.43 Å². The molecule has 0 saturated carbocycles. The number of amides is 1. The fraction of sp³-hybridized carbons (Fsp3) is 0.208. The summed E-state index contributed by atoms with van der Waals surface area (Å²) in [6.07, 6.45) is 3.73. The molecule has 1 amide bonds. The Kier molecular flexibility index (Phi) is 5.23. The quantitative estimate of drug-likeness (QED) is 0.384. The SMILES string of the molecule is CC(C)(C)c1cc(C(=O)NN=Cc2cn(Cc3ccccc3)c3ccccc23)n[nH]1. The van der Waals surface area contributed by atoms with Gasteiger partial charge in [-0.2, -0.15) is 10.2 Å². The average molecular weight is 399 g/mol. The zero-order valence-corrected chi connectivity index (χ0v) is 17.4. The molecule has 0 aliphatic carbocycles. The average Bonchev–Trinajstić information content (AvgIpc) is 3.35. The molecule has 6 heteroatoms. The third-order valence-electron chi connectivity index (χ3n) is 5.00. The second-order valence-corrected chi connectivity index (χ2v) is 8.33. The minimum atomic E-state index is -0.342. The van der Waals surface area contributed by atoms with Crippen LogP contribution in [0.3, 0.4) is 0 Å². The van der Waals surface area contributed by atoms with Gasteiger partial charge in [-0.1, -0.05) is 69.3 Å². The van der Waals surface area contributed by atoms with E-state index in [1.165, 1.54) is 5.56 Å². The second kappa shape index (κ2) is 7.99. The maximum atomic E-state index is 12.4. The first kappa shape index (κ1) is 19.6. The molecular weight excluding hydrogens is 374 g/mol. The van der Waals surface area contributed by atoms with E-state index in [4.69, 9.17) is 0 Å². The summed E-state index contributed by atoms with van der Waals surface area (Å²) in [5.74, 6) is -0.342. The van der Waals surface area contributed by atoms with E-state index in [1.807, 2.05) is 30.3 Å². The normalized spacial score (nSPS) is 12.0. The van der Waals surface area contributed by atoms with Gasteiger partial charge in [-0.3, -0.25) is 9.89 Å². The lowest BCUT2D eigenvalue weighted by Gasteiger charge is -2.14. The van der Waals surface area contributed by atoms with Gasteiger partial charge in [0.05, 0.1) is 6.21 Å². The summed E-state index contributed by atoms with van der Waals surface area (Å²) in [5, 5.41) is 12.3. The number of hydrazone groups is 1. The Morgan fingerprint density at radius 1 is 1.13 bits per heavy atom. The fourth-order valence-electron chi connectivity index (χ4n) is 3.33. The molecule has 4 aromatic rings. The van der Waals surface area contributed by atoms with Crippen molar-refractivity contribution in [2.45, 2.75) is 32.7 Å². The zero-order valence-electron chi connectivity index (χ0n) is 17.4. The first-order valence-electron chi connectivity index (χ1n) is 9.93. The van der Waals surface area contributed by atoms with Crippen molar-refractivity contribution < 1.29 is 4.79 Å². The maximum Gasteiger partial charge on any atom is 0.291 e. The topological polar surface area (TPSA) is 75.1 Å². The van der Waals surface area contributed by atoms with Gasteiger partial charge in [-0.25, -0.2) is 5.43 Å². The lowest BCUT2D eigenvalue weighted by Crippen LogP contribution is -2.18. The fourth-order valence-corrected chi connectivity index (χ4v) is 3.33. The van der Waals surface area contributed by atoms with Crippen LogP contribution in [0, 0.1) is 0 Å². The van der Waals surface area contributed by atoms with Crippen LogP contribution in [0.1, 0.15) is 48.1 Å². The standard InChI is InChI=1S/C24H25N5O/c1-24(2,3)22-13-20(26-27-22)23(30)28-25-14-18-16-29(15-17-9-5-4-6-10-17)21-12-8-7-11-19(18)21/h4-14,16H,15H2,1-3H3,(H,26,27)(H,28,30). The van der Waals surface area contributed by atoms with Crippen LogP contribution in [0.4, 0.5) is 0 Å². The summed E-state index contributed by atoms with van der Waals surface area (Å²) >= 11 is 0. The largest absolute Gasteiger partial charge is 0.342 e. The van der Waals surface area contributed by atoms with Crippen molar-refractivity contribution in [2.75, 3.05) is 0 Å². The molecule has 0 atom stereocenters. The monoisotopic (exact) mass is 399 g/mol. The predicted octanol–water partition coefficient (Wildman–Crippen LogP) is 4.47. The van der Waals surface area contributed by atoms with Crippen LogP contribution in [0.2, 0.25) is 0 Å². The van der Waals surface area contributed by atoms with Crippen molar-refractivity contribution in [1.29, 1.82) is 0 Å². The van der Waals surface area contributed by atoms with Gasteiger partial charge in [-0.15, -0.1) is 0 Å². The molecule has 0 unspecified atom stereocenters. The highest BCUT2D eigenvalue weighted by Gasteiger charge is 2.19. The van der Waals surface area contributed by atoms with Crippen LogP contribution in [-0.4, -0.2) is 26.9 Å². The lowest BCUT2D eigenvalue weighted by atomic mass is 9.92. The molecule has 4 rings (SSSR count). The molecule has 30 heavy (non-hydrogen) atoms. The van der Waals surface area contributed by atoms with Crippen molar-refractivity contribution in [3.63, 3.8) is 0 Å². The third-order valence-corrected chi connectivity index (χ3v) is 5.00. The number of nitrogens with zero attached hydrogens (tertiary/aromatic N) is 3. The number of carbonyl (C=O) groups excluding carboxylic acids is 1. The number of aromatic amines is 1. The van der Waals surface area contributed by atoms with Gasteiger partial charge in [0.1, 0.15) is 0 Å². The molecule has 0 fully saturated rings. The van der Waals surface area contributed by atoms with Crippen LogP contribution in [0.25, 0.3) is 10.9 Å². The van der Waals surface area contributed by atoms with Crippen LogP contribution >= 0.6 is 0 Å². The molecule has 152 valence electrons. The molecule has 0 radical (unpaired) electrons. The molecule has 2 aromatic heterocycles. The highest BCUT2D eigenvalue weighted by molar-refractivity contribution is 6.00. The molecule has 0 aliphatic heterocycles. The van der Waals surface area contributed by atoms with E-state index in [0.717, 1.165) is 28.7 Å². The van der Waals surface area contributed by atoms with E-state index in [0.29, 0.717) is 5.69 Å². The van der Waals surface area contributed by atoms with Crippen molar-refractivity contribution in [3.05, 3.63) is 89.4 Å². The first-order valence-corrected chi connectivity index (χ1v) is 9.93. The minimum absolute atomic E-state index is 0.102. The van der Waals surface area contributed by atoms with Gasteiger partial charge in [-0.05, 0) is 17.7 Å². The molecule has 6 nitrogen and oxygen atoms in total. The number of carbonyl (C=O) groups is 1. The van der Waals surface area contributed by atoms with Crippen LogP contribution in [-0.2, 0) is 12.0 Å². The van der Waals surface area contributed by atoms with E-state index < -0.39 is 0 Å². The summed E-state index contributed by atoms with van der Waals surface area (Å²) in [6, 6.07) is 20.3. The molecule has 0 aliphatic rings. The molecule has 0 saturated heterocycles. The van der Waals surface area contributed by atoms with Gasteiger partial charge in [0.25, 0.3) is 5.91 Å². The Morgan fingerprint density at radius 2 is 1.87 bits per heavy atom. The van der Waals surface area contributed by atoms with E-state index in [9.17, 15) is 4.79 Å². The molecule has 2 N–H and O–H groups in total. The van der Waals surface area contributed by atoms with Gasteiger partial charge in [0.15, 0.2) is 5.69 Å². The lowest BCUT2D eigenvalue weighted by molar-refractivity contribution is 0.0950. The highest BCUT2D eigenvalue weighted by Crippen LogP contribution is 2.22. The van der Waals surface area contributed by atoms with Crippen molar-refractivity contribution in [2.24, 2.45) is 5.10 Å². The molecule has 0 spiro atoms. The number of hydrogen-bond donors (Lipinski definition) is 2. The van der Waals surface area contributed by atoms with E-state index in [1.54, 1.807) is 12.3 Å². The summed E-state index contributed by atoms with van der Waals surface area (Å²) in [6.45, 7) is 6.95. The highest BCUT2D eigenvalue weighted by atomic mass is 16.2. The van der Waals surface area contributed by atoms with Gasteiger partial charge in [0.2, 0.25) is 0 Å². The van der Waals surface area contributed by atoms with Crippen molar-refractivity contribution >= 4 is 23.0 Å². The van der Waals surface area contributed by atoms with E-state index >= 15 is 0 Å². The number of nitrogens with one attached hydrogen (secondary N) is 2. The number of aromatic nitrogens is 3. The summed E-state index contributed by atoms with van der Waals surface area (Å²) in [7, 11) is 0. The Bertz CT molecular complexity index is 1200. The summed E-state index contributed by atoms with van der Waals surface area (Å²) in [5.41, 5.74) is 6.99. The smallest absolute Gasteiger partial charge is 0.291 e. The zero-order chi connectivity index (χ0) is 21.1. The third kappa shape index (κ3) is 4.17. The summed E-state index contributed by atoms with van der Waals surface area (Å²) in [4.78, 5) is 12.4. The van der Waals surface area contributed by atoms with Crippen molar-refractivity contribution in [3.8, 4) is 0 Å². The molecule has 2 heterocycles.